The highest BCUT2D eigenvalue weighted by molar-refractivity contribution is 6.20. The van der Waals surface area contributed by atoms with Crippen molar-refractivity contribution in [2.75, 3.05) is 20.8 Å². The van der Waals surface area contributed by atoms with Gasteiger partial charge in [-0.2, -0.15) is 0 Å². The van der Waals surface area contributed by atoms with Crippen LogP contribution in [0.5, 0.6) is 0 Å². The van der Waals surface area contributed by atoms with Gasteiger partial charge >= 0.3 is 0 Å². The highest BCUT2D eigenvalue weighted by Gasteiger charge is 2.47. The van der Waals surface area contributed by atoms with Gasteiger partial charge in [0.2, 0.25) is 11.9 Å². The summed E-state index contributed by atoms with van der Waals surface area (Å²) in [6.07, 6.45) is 4.80. The Morgan fingerprint density at radius 2 is 1.88 bits per heavy atom. The first-order valence-electron chi connectivity index (χ1n) is 9.85. The number of ether oxygens (including phenoxy) is 2. The van der Waals surface area contributed by atoms with Gasteiger partial charge in [-0.15, -0.1) is 11.6 Å². The van der Waals surface area contributed by atoms with E-state index < -0.39 is 6.04 Å². The molecule has 5 unspecified atom stereocenters. The van der Waals surface area contributed by atoms with E-state index in [4.69, 9.17) is 21.1 Å². The van der Waals surface area contributed by atoms with Gasteiger partial charge in [0.05, 0.1) is 12.2 Å². The summed E-state index contributed by atoms with van der Waals surface area (Å²) in [5, 5.41) is 2.36. The van der Waals surface area contributed by atoms with E-state index in [2.05, 4.69) is 12.1 Å². The maximum absolute atomic E-state index is 13.2. The minimum atomic E-state index is -0.433. The first-order valence-corrected chi connectivity index (χ1v) is 10.3. The smallest absolute Gasteiger partial charge is 0.232 e. The molecule has 6 nitrogen and oxygen atoms in total. The summed E-state index contributed by atoms with van der Waals surface area (Å²) < 4.78 is 11.3. The minimum Gasteiger partial charge on any atom is -0.378 e. The second-order valence-electron chi connectivity index (χ2n) is 7.77. The molecule has 1 N–H and O–H groups in total. The topological polar surface area (TPSA) is 69.8 Å². The molecular weight excluding hydrogens is 356 g/mol. The highest BCUT2D eigenvalue weighted by Crippen LogP contribution is 2.33. The lowest BCUT2D eigenvalue weighted by Crippen LogP contribution is -2.79. The number of carbonyl (C=O) groups is 1. The number of amides is 1. The molecular formula is C19H34ClN2O4+. The molecule has 0 radical (unpaired) electrons. The van der Waals surface area contributed by atoms with E-state index in [0.717, 1.165) is 25.7 Å². The van der Waals surface area contributed by atoms with Crippen molar-refractivity contribution < 1.29 is 19.4 Å². The van der Waals surface area contributed by atoms with Gasteiger partial charge < -0.3 is 14.4 Å². The molecule has 2 rings (SSSR count). The number of hydrogen-bond donors (Lipinski definition) is 1. The van der Waals surface area contributed by atoms with Crippen molar-refractivity contribution >= 4 is 17.5 Å². The number of carbonyl (C=O) groups excluding carboxylic acids is 1. The Morgan fingerprint density at radius 3 is 2.42 bits per heavy atom. The fourth-order valence-electron chi connectivity index (χ4n) is 4.51. The number of methoxy groups -OCH3 is 1. The molecule has 2 aliphatic carbocycles. The molecule has 0 aliphatic heterocycles. The van der Waals surface area contributed by atoms with Crippen LogP contribution in [0.1, 0.15) is 52.4 Å². The molecule has 1 amide bonds. The van der Waals surface area contributed by atoms with E-state index in [-0.39, 0.29) is 35.5 Å². The van der Waals surface area contributed by atoms with E-state index in [0.29, 0.717) is 25.4 Å². The first kappa shape index (κ1) is 21.6. The van der Waals surface area contributed by atoms with Crippen LogP contribution in [0.15, 0.2) is 0 Å². The summed E-state index contributed by atoms with van der Waals surface area (Å²) in [4.78, 5) is 26.5. The van der Waals surface area contributed by atoms with Crippen LogP contribution in [0.3, 0.4) is 0 Å². The standard InChI is InChI=1S/C19H33ClN2O4/c1-5-26-18-10-15(16(21-24)11-17(18)25-4)19(23)22(3)12(2)13-6-8-14(20)9-7-13/h12-18H,5-11H2,1-4H3/p+1. The fourth-order valence-corrected chi connectivity index (χ4v) is 4.76. The largest absolute Gasteiger partial charge is 0.378 e. The molecule has 0 heterocycles. The lowest BCUT2D eigenvalue weighted by molar-refractivity contribution is -0.540. The Morgan fingerprint density at radius 1 is 1.23 bits per heavy atom. The SMILES string of the molecule is CCOC1CC(C(=O)N(C)C(C)C2CCC(Cl)CC2)C([NH+]=O)CC1OC. The van der Waals surface area contributed by atoms with Gasteiger partial charge in [0.1, 0.15) is 5.92 Å². The van der Waals surface area contributed by atoms with Crippen LogP contribution in [0, 0.1) is 16.7 Å². The molecule has 0 aromatic carbocycles. The van der Waals surface area contributed by atoms with Gasteiger partial charge in [0, 0.05) is 43.5 Å². The van der Waals surface area contributed by atoms with Gasteiger partial charge in [-0.05, 0) is 57.0 Å². The second kappa shape index (κ2) is 10.00. The van der Waals surface area contributed by atoms with Crippen LogP contribution in [-0.2, 0) is 14.3 Å². The number of rotatable bonds is 7. The first-order chi connectivity index (χ1) is 12.4. The normalized spacial score (nSPS) is 36.3. The quantitative estimate of drug-likeness (QED) is 0.672. The number of nitroso groups, excluding NO2 is 1. The molecule has 7 heteroatoms. The fraction of sp³-hybridized carbons (Fsp3) is 0.947. The maximum atomic E-state index is 13.2. The van der Waals surface area contributed by atoms with Crippen molar-refractivity contribution in [3.63, 3.8) is 0 Å². The third-order valence-electron chi connectivity index (χ3n) is 6.37. The van der Waals surface area contributed by atoms with E-state index in [9.17, 15) is 9.70 Å². The predicted octanol–water partition coefficient (Wildman–Crippen LogP) is 1.68. The van der Waals surface area contributed by atoms with Gasteiger partial charge in [-0.1, -0.05) is 0 Å². The molecule has 2 aliphatic rings. The number of halogens is 1. The monoisotopic (exact) mass is 389 g/mol. The molecule has 2 fully saturated rings. The summed E-state index contributed by atoms with van der Waals surface area (Å²) >= 11 is 6.21. The third kappa shape index (κ3) is 4.96. The van der Waals surface area contributed by atoms with Gasteiger partial charge in [-0.3, -0.25) is 4.79 Å². The van der Waals surface area contributed by atoms with E-state index in [1.54, 1.807) is 7.11 Å². The van der Waals surface area contributed by atoms with Gasteiger partial charge in [0.15, 0.2) is 0 Å². The van der Waals surface area contributed by atoms with E-state index >= 15 is 0 Å². The second-order valence-corrected chi connectivity index (χ2v) is 8.39. The zero-order valence-electron chi connectivity index (χ0n) is 16.4. The third-order valence-corrected chi connectivity index (χ3v) is 6.80. The van der Waals surface area contributed by atoms with Crippen molar-refractivity contribution in [2.45, 2.75) is 82.0 Å². The van der Waals surface area contributed by atoms with E-state index in [1.807, 2.05) is 18.9 Å². The maximum Gasteiger partial charge on any atom is 0.232 e. The predicted molar refractivity (Wildman–Crippen MR) is 101 cm³/mol. The molecule has 0 aromatic rings. The Hall–Kier alpha value is -0.720. The van der Waals surface area contributed by atoms with Crippen LogP contribution in [0.4, 0.5) is 0 Å². The summed E-state index contributed by atoms with van der Waals surface area (Å²) in [6, 6.07) is -0.290. The van der Waals surface area contributed by atoms with Crippen molar-refractivity contribution in [1.82, 2.24) is 4.90 Å². The van der Waals surface area contributed by atoms with Crippen molar-refractivity contribution in [1.29, 1.82) is 0 Å². The molecule has 0 aromatic heterocycles. The summed E-state index contributed by atoms with van der Waals surface area (Å²) in [5.41, 5.74) is 0. The van der Waals surface area contributed by atoms with Crippen LogP contribution < -0.4 is 5.18 Å². The number of nitrogens with one attached hydrogen (secondary N) is 1. The number of alkyl halides is 1. The van der Waals surface area contributed by atoms with Gasteiger partial charge in [0.25, 0.3) is 0 Å². The van der Waals surface area contributed by atoms with Crippen LogP contribution in [0.2, 0.25) is 0 Å². The Kier molecular flexibility index (Phi) is 8.30. The lowest BCUT2D eigenvalue weighted by Gasteiger charge is -2.40. The van der Waals surface area contributed by atoms with Crippen LogP contribution >= 0.6 is 11.6 Å². The van der Waals surface area contributed by atoms with Gasteiger partial charge in [-0.25, -0.2) is 0 Å². The Bertz CT molecular complexity index is 470. The van der Waals surface area contributed by atoms with Crippen molar-refractivity contribution in [3.05, 3.63) is 4.91 Å². The van der Waals surface area contributed by atoms with Crippen molar-refractivity contribution in [2.24, 2.45) is 11.8 Å². The van der Waals surface area contributed by atoms with Crippen LogP contribution in [-0.4, -0.2) is 61.2 Å². The van der Waals surface area contributed by atoms with Crippen molar-refractivity contribution in [3.8, 4) is 0 Å². The molecule has 0 bridgehead atoms. The molecule has 5 atom stereocenters. The zero-order valence-corrected chi connectivity index (χ0v) is 17.2. The minimum absolute atomic E-state index is 0.0260. The molecule has 0 saturated heterocycles. The Balaban J connectivity index is 2.05. The zero-order chi connectivity index (χ0) is 19.3. The average molecular weight is 390 g/mol. The summed E-state index contributed by atoms with van der Waals surface area (Å²) in [7, 11) is 3.49. The van der Waals surface area contributed by atoms with Crippen LogP contribution in [0.25, 0.3) is 0 Å². The summed E-state index contributed by atoms with van der Waals surface area (Å²) in [5.74, 6) is 0.112. The average Bonchev–Trinajstić information content (AvgIpc) is 2.66. The molecule has 150 valence electrons. The highest BCUT2D eigenvalue weighted by atomic mass is 35.5. The Labute approximate surface area is 161 Å². The lowest BCUT2D eigenvalue weighted by atomic mass is 9.79. The molecule has 26 heavy (non-hydrogen) atoms. The molecule has 2 saturated carbocycles. The number of hydrogen-bond acceptors (Lipinski definition) is 4. The van der Waals surface area contributed by atoms with E-state index in [1.165, 1.54) is 0 Å². The summed E-state index contributed by atoms with van der Waals surface area (Å²) in [6.45, 7) is 4.61. The molecule has 0 spiro atoms. The number of nitrogens with zero attached hydrogens (tertiary/aromatic N) is 1.